The number of carbonyl (C=O) groups excluding carboxylic acids is 2. The summed E-state index contributed by atoms with van der Waals surface area (Å²) >= 11 is 0. The molecule has 8 heteroatoms. The number of amides is 2. The van der Waals surface area contributed by atoms with Crippen LogP contribution in [0, 0.1) is 0 Å². The number of methoxy groups -OCH3 is 1. The van der Waals surface area contributed by atoms with Crippen molar-refractivity contribution in [3.8, 4) is 23.0 Å². The van der Waals surface area contributed by atoms with Gasteiger partial charge in [-0.15, -0.1) is 0 Å². The molecule has 0 aliphatic carbocycles. The Morgan fingerprint density at radius 1 is 0.971 bits per heavy atom. The van der Waals surface area contributed by atoms with Crippen LogP contribution in [0.2, 0.25) is 0 Å². The molecule has 1 aliphatic rings. The molecular formula is C26H26N2O6. The lowest BCUT2D eigenvalue weighted by molar-refractivity contribution is -0.121. The quantitative estimate of drug-likeness (QED) is 0.460. The van der Waals surface area contributed by atoms with Crippen molar-refractivity contribution < 1.29 is 28.5 Å². The molecule has 8 nitrogen and oxygen atoms in total. The van der Waals surface area contributed by atoms with E-state index in [2.05, 4.69) is 5.32 Å². The third-order valence-electron chi connectivity index (χ3n) is 5.14. The number of benzene rings is 3. The molecule has 176 valence electrons. The van der Waals surface area contributed by atoms with E-state index in [-0.39, 0.29) is 25.0 Å². The number of fused-ring (bicyclic) bond motifs is 1. The molecule has 1 aliphatic heterocycles. The van der Waals surface area contributed by atoms with Gasteiger partial charge in [-0.2, -0.15) is 0 Å². The van der Waals surface area contributed by atoms with Gasteiger partial charge in [0.05, 0.1) is 19.4 Å². The first kappa shape index (κ1) is 23.0. The van der Waals surface area contributed by atoms with E-state index in [4.69, 9.17) is 18.9 Å². The van der Waals surface area contributed by atoms with Crippen molar-refractivity contribution >= 4 is 23.2 Å². The number of hydrogen-bond acceptors (Lipinski definition) is 6. The molecule has 0 bridgehead atoms. The lowest BCUT2D eigenvalue weighted by Crippen LogP contribution is -2.39. The SMILES string of the molecule is COc1cccc(OCC(=O)Nc2ccc3c(c2)OCC(=O)N3CCCOc2ccccc2)c1. The van der Waals surface area contributed by atoms with Crippen LogP contribution < -0.4 is 29.2 Å². The van der Waals surface area contributed by atoms with Crippen molar-refractivity contribution in [1.29, 1.82) is 0 Å². The Bertz CT molecular complexity index is 1140. The van der Waals surface area contributed by atoms with E-state index in [9.17, 15) is 9.59 Å². The van der Waals surface area contributed by atoms with Gasteiger partial charge in [-0.05, 0) is 42.8 Å². The standard InChI is InChI=1S/C26H26N2O6/c1-31-21-9-5-10-22(16-21)33-17-25(29)27-19-11-12-23-24(15-19)34-18-26(30)28(23)13-6-14-32-20-7-3-2-4-8-20/h2-5,7-12,15-16H,6,13-14,17-18H2,1H3,(H,27,29). The average Bonchev–Trinajstić information content (AvgIpc) is 2.87. The molecule has 4 rings (SSSR count). The zero-order valence-corrected chi connectivity index (χ0v) is 18.9. The summed E-state index contributed by atoms with van der Waals surface area (Å²) in [6.07, 6.45) is 0.667. The van der Waals surface area contributed by atoms with Crippen LogP contribution in [0.25, 0.3) is 0 Å². The Morgan fingerprint density at radius 3 is 2.59 bits per heavy atom. The highest BCUT2D eigenvalue weighted by Crippen LogP contribution is 2.34. The lowest BCUT2D eigenvalue weighted by atomic mass is 10.2. The normalized spacial score (nSPS) is 12.4. The molecule has 0 aromatic heterocycles. The first-order chi connectivity index (χ1) is 16.6. The molecule has 0 fully saturated rings. The van der Waals surface area contributed by atoms with Gasteiger partial charge in [-0.25, -0.2) is 0 Å². The third kappa shape index (κ3) is 5.98. The van der Waals surface area contributed by atoms with Gasteiger partial charge in [-0.1, -0.05) is 24.3 Å². The highest BCUT2D eigenvalue weighted by Gasteiger charge is 2.25. The second-order valence-corrected chi connectivity index (χ2v) is 7.55. The van der Waals surface area contributed by atoms with Crippen LogP contribution >= 0.6 is 0 Å². The predicted molar refractivity (Wildman–Crippen MR) is 128 cm³/mol. The Labute approximate surface area is 198 Å². The second-order valence-electron chi connectivity index (χ2n) is 7.55. The van der Waals surface area contributed by atoms with Crippen LogP contribution in [-0.2, 0) is 9.59 Å². The summed E-state index contributed by atoms with van der Waals surface area (Å²) in [6.45, 7) is 0.785. The van der Waals surface area contributed by atoms with Gasteiger partial charge in [0.2, 0.25) is 0 Å². The van der Waals surface area contributed by atoms with Gasteiger partial charge in [0, 0.05) is 24.4 Å². The van der Waals surface area contributed by atoms with E-state index in [1.165, 1.54) is 0 Å². The van der Waals surface area contributed by atoms with Crippen LogP contribution in [-0.4, -0.2) is 45.3 Å². The Kier molecular flexibility index (Phi) is 7.49. The lowest BCUT2D eigenvalue weighted by Gasteiger charge is -2.29. The third-order valence-corrected chi connectivity index (χ3v) is 5.14. The number of ether oxygens (including phenoxy) is 4. The summed E-state index contributed by atoms with van der Waals surface area (Å²) in [7, 11) is 1.57. The Morgan fingerprint density at radius 2 is 1.76 bits per heavy atom. The topological polar surface area (TPSA) is 86.3 Å². The van der Waals surface area contributed by atoms with Crippen molar-refractivity contribution in [3.05, 3.63) is 72.8 Å². The number of hydrogen-bond donors (Lipinski definition) is 1. The zero-order chi connectivity index (χ0) is 23.8. The van der Waals surface area contributed by atoms with Crippen LogP contribution in [0.3, 0.4) is 0 Å². The monoisotopic (exact) mass is 462 g/mol. The first-order valence-corrected chi connectivity index (χ1v) is 10.9. The van der Waals surface area contributed by atoms with Gasteiger partial charge in [0.15, 0.2) is 13.2 Å². The fraction of sp³-hybridized carbons (Fsp3) is 0.231. The molecule has 1 heterocycles. The van der Waals surface area contributed by atoms with Gasteiger partial charge in [0.25, 0.3) is 11.8 Å². The van der Waals surface area contributed by atoms with E-state index in [1.54, 1.807) is 54.5 Å². The maximum absolute atomic E-state index is 12.4. The van der Waals surface area contributed by atoms with E-state index in [0.717, 1.165) is 5.75 Å². The van der Waals surface area contributed by atoms with Crippen LogP contribution in [0.1, 0.15) is 6.42 Å². The smallest absolute Gasteiger partial charge is 0.265 e. The van der Waals surface area contributed by atoms with Crippen molar-refractivity contribution in [2.45, 2.75) is 6.42 Å². The van der Waals surface area contributed by atoms with Crippen LogP contribution in [0.4, 0.5) is 11.4 Å². The maximum atomic E-state index is 12.4. The van der Waals surface area contributed by atoms with Crippen LogP contribution in [0.15, 0.2) is 72.8 Å². The predicted octanol–water partition coefficient (Wildman–Crippen LogP) is 3.91. The second kappa shape index (κ2) is 11.1. The number of anilines is 2. The van der Waals surface area contributed by atoms with Crippen molar-refractivity contribution in [2.75, 3.05) is 43.7 Å². The minimum Gasteiger partial charge on any atom is -0.497 e. The molecule has 0 spiro atoms. The number of rotatable bonds is 10. The molecule has 3 aromatic carbocycles. The van der Waals surface area contributed by atoms with Crippen molar-refractivity contribution in [3.63, 3.8) is 0 Å². The summed E-state index contributed by atoms with van der Waals surface area (Å²) < 4.78 is 22.0. The largest absolute Gasteiger partial charge is 0.497 e. The van der Waals surface area contributed by atoms with E-state index < -0.39 is 0 Å². The van der Waals surface area contributed by atoms with Gasteiger partial charge >= 0.3 is 0 Å². The average molecular weight is 463 g/mol. The van der Waals surface area contributed by atoms with Crippen LogP contribution in [0.5, 0.6) is 23.0 Å². The van der Waals surface area contributed by atoms with Gasteiger partial charge in [-0.3, -0.25) is 9.59 Å². The van der Waals surface area contributed by atoms with Crippen molar-refractivity contribution in [1.82, 2.24) is 0 Å². The molecule has 1 N–H and O–H groups in total. The van der Waals surface area contributed by atoms with Crippen molar-refractivity contribution in [2.24, 2.45) is 0 Å². The highest BCUT2D eigenvalue weighted by molar-refractivity contribution is 5.99. The summed E-state index contributed by atoms with van der Waals surface area (Å²) in [5, 5.41) is 2.79. The number of carbonyl (C=O) groups is 2. The van der Waals surface area contributed by atoms with Gasteiger partial charge in [0.1, 0.15) is 23.0 Å². The molecular weight excluding hydrogens is 436 g/mol. The minimum atomic E-state index is -0.315. The molecule has 0 saturated heterocycles. The molecule has 2 amide bonds. The van der Waals surface area contributed by atoms with E-state index >= 15 is 0 Å². The first-order valence-electron chi connectivity index (χ1n) is 10.9. The number of nitrogens with zero attached hydrogens (tertiary/aromatic N) is 1. The summed E-state index contributed by atoms with van der Waals surface area (Å²) in [5.74, 6) is 2.09. The fourth-order valence-electron chi connectivity index (χ4n) is 3.49. The fourth-order valence-corrected chi connectivity index (χ4v) is 3.49. The molecule has 34 heavy (non-hydrogen) atoms. The minimum absolute atomic E-state index is 0.0527. The van der Waals surface area contributed by atoms with E-state index in [0.29, 0.717) is 48.2 Å². The number of para-hydroxylation sites is 1. The molecule has 0 radical (unpaired) electrons. The Hall–Kier alpha value is -4.20. The maximum Gasteiger partial charge on any atom is 0.265 e. The summed E-state index contributed by atoms with van der Waals surface area (Å²) in [5.41, 5.74) is 1.22. The van der Waals surface area contributed by atoms with Gasteiger partial charge < -0.3 is 29.2 Å². The summed E-state index contributed by atoms with van der Waals surface area (Å²) in [6, 6.07) is 21.8. The highest BCUT2D eigenvalue weighted by atomic mass is 16.5. The molecule has 0 unspecified atom stereocenters. The Balaban J connectivity index is 1.31. The molecule has 0 atom stereocenters. The number of nitrogens with one attached hydrogen (secondary N) is 1. The van der Waals surface area contributed by atoms with E-state index in [1.807, 2.05) is 30.3 Å². The summed E-state index contributed by atoms with van der Waals surface area (Å²) in [4.78, 5) is 26.4. The zero-order valence-electron chi connectivity index (χ0n) is 18.9. The molecule has 3 aromatic rings. The molecule has 0 saturated carbocycles.